The molecule has 4 rings (SSSR count). The summed E-state index contributed by atoms with van der Waals surface area (Å²) in [7, 11) is 0. The van der Waals surface area contributed by atoms with Gasteiger partial charge in [-0.15, -0.1) is 0 Å². The lowest BCUT2D eigenvalue weighted by Gasteiger charge is -2.37. The summed E-state index contributed by atoms with van der Waals surface area (Å²) >= 11 is 0. The van der Waals surface area contributed by atoms with Crippen LogP contribution in [0.1, 0.15) is 18.4 Å². The molecule has 0 aromatic heterocycles. The van der Waals surface area contributed by atoms with Crippen LogP contribution in [0.3, 0.4) is 0 Å². The molecule has 1 unspecified atom stereocenters. The van der Waals surface area contributed by atoms with Crippen molar-refractivity contribution in [3.05, 3.63) is 66.2 Å². The Bertz CT molecular complexity index is 726. The molecule has 1 amide bonds. The highest BCUT2D eigenvalue weighted by atomic mass is 16.2. The molecule has 0 N–H and O–H groups in total. The zero-order valence-electron chi connectivity index (χ0n) is 16.0. The van der Waals surface area contributed by atoms with E-state index in [0.717, 1.165) is 58.5 Å². The fourth-order valence-corrected chi connectivity index (χ4v) is 4.29. The van der Waals surface area contributed by atoms with Gasteiger partial charge in [-0.05, 0) is 37.0 Å². The van der Waals surface area contributed by atoms with E-state index in [4.69, 9.17) is 0 Å². The largest absolute Gasteiger partial charge is 0.360 e. The van der Waals surface area contributed by atoms with Crippen LogP contribution in [0, 0.1) is 0 Å². The number of hydrogen-bond donors (Lipinski definition) is 0. The molecule has 2 heterocycles. The molecule has 2 saturated heterocycles. The van der Waals surface area contributed by atoms with E-state index < -0.39 is 0 Å². The fraction of sp³-hybridized carbons (Fsp3) is 0.435. The Kier molecular flexibility index (Phi) is 5.73. The van der Waals surface area contributed by atoms with E-state index in [0.29, 0.717) is 5.91 Å². The second-order valence-electron chi connectivity index (χ2n) is 7.59. The number of carbonyl (C=O) groups excluding carboxylic acids is 1. The van der Waals surface area contributed by atoms with Crippen LogP contribution in [0.5, 0.6) is 0 Å². The van der Waals surface area contributed by atoms with Crippen molar-refractivity contribution in [2.75, 3.05) is 44.2 Å². The maximum Gasteiger partial charge on any atom is 0.245 e. The molecule has 0 saturated carbocycles. The molecule has 0 aliphatic carbocycles. The smallest absolute Gasteiger partial charge is 0.245 e. The lowest BCUT2D eigenvalue weighted by molar-refractivity contribution is -0.134. The normalized spacial score (nSPS) is 20.8. The standard InChI is InChI=1S/C23H29N3O/c27-23(22-12-7-14-26(22)21-10-5-2-6-11-21)25-18-16-24(17-19-25)15-13-20-8-3-1-4-9-20/h1-6,8-11,22H,7,12-19H2. The van der Waals surface area contributed by atoms with Crippen LogP contribution in [-0.4, -0.2) is 61.0 Å². The lowest BCUT2D eigenvalue weighted by atomic mass is 10.1. The van der Waals surface area contributed by atoms with Crippen molar-refractivity contribution in [3.8, 4) is 0 Å². The van der Waals surface area contributed by atoms with E-state index in [1.165, 1.54) is 11.3 Å². The second-order valence-corrected chi connectivity index (χ2v) is 7.59. The monoisotopic (exact) mass is 363 g/mol. The molecule has 27 heavy (non-hydrogen) atoms. The van der Waals surface area contributed by atoms with Gasteiger partial charge in [0.25, 0.3) is 0 Å². The number of amides is 1. The van der Waals surface area contributed by atoms with E-state index in [-0.39, 0.29) is 6.04 Å². The molecule has 4 heteroatoms. The molecule has 2 aromatic rings. The van der Waals surface area contributed by atoms with Crippen LogP contribution in [0.25, 0.3) is 0 Å². The predicted octanol–water partition coefficient (Wildman–Crippen LogP) is 3.04. The number of piperazine rings is 1. The number of hydrogen-bond acceptors (Lipinski definition) is 3. The minimum atomic E-state index is 0.0169. The van der Waals surface area contributed by atoms with Gasteiger partial charge in [-0.25, -0.2) is 0 Å². The summed E-state index contributed by atoms with van der Waals surface area (Å²) in [6.07, 6.45) is 3.16. The maximum atomic E-state index is 13.1. The van der Waals surface area contributed by atoms with Gasteiger partial charge in [0.15, 0.2) is 0 Å². The van der Waals surface area contributed by atoms with Gasteiger partial charge in [-0.1, -0.05) is 48.5 Å². The van der Waals surface area contributed by atoms with E-state index in [1.807, 2.05) is 6.07 Å². The summed E-state index contributed by atoms with van der Waals surface area (Å²) < 4.78 is 0. The minimum Gasteiger partial charge on any atom is -0.360 e. The van der Waals surface area contributed by atoms with Crippen molar-refractivity contribution >= 4 is 11.6 Å². The molecule has 2 fully saturated rings. The average molecular weight is 364 g/mol. The van der Waals surface area contributed by atoms with E-state index >= 15 is 0 Å². The van der Waals surface area contributed by atoms with Crippen LogP contribution in [-0.2, 0) is 11.2 Å². The van der Waals surface area contributed by atoms with Crippen molar-refractivity contribution in [3.63, 3.8) is 0 Å². The molecular weight excluding hydrogens is 334 g/mol. The van der Waals surface area contributed by atoms with Gasteiger partial charge in [0, 0.05) is 45.0 Å². The highest BCUT2D eigenvalue weighted by Crippen LogP contribution is 2.26. The summed E-state index contributed by atoms with van der Waals surface area (Å²) in [5, 5.41) is 0. The topological polar surface area (TPSA) is 26.8 Å². The zero-order chi connectivity index (χ0) is 18.5. The van der Waals surface area contributed by atoms with Crippen molar-refractivity contribution in [1.29, 1.82) is 0 Å². The molecule has 0 radical (unpaired) electrons. The van der Waals surface area contributed by atoms with Crippen molar-refractivity contribution in [1.82, 2.24) is 9.80 Å². The summed E-state index contributed by atoms with van der Waals surface area (Å²) in [6.45, 7) is 5.73. The van der Waals surface area contributed by atoms with Gasteiger partial charge < -0.3 is 9.80 Å². The average Bonchev–Trinajstić information content (AvgIpc) is 3.23. The number of carbonyl (C=O) groups is 1. The van der Waals surface area contributed by atoms with Crippen LogP contribution >= 0.6 is 0 Å². The Morgan fingerprint density at radius 2 is 1.52 bits per heavy atom. The fourth-order valence-electron chi connectivity index (χ4n) is 4.29. The minimum absolute atomic E-state index is 0.0169. The first-order valence-electron chi connectivity index (χ1n) is 10.2. The number of rotatable bonds is 5. The van der Waals surface area contributed by atoms with Crippen LogP contribution < -0.4 is 4.90 Å². The van der Waals surface area contributed by atoms with Gasteiger partial charge in [0.2, 0.25) is 5.91 Å². The SMILES string of the molecule is O=C(C1CCCN1c1ccccc1)N1CCN(CCc2ccccc2)CC1. The Hall–Kier alpha value is -2.33. The van der Waals surface area contributed by atoms with Gasteiger partial charge in [0.05, 0.1) is 0 Å². The third-order valence-corrected chi connectivity index (χ3v) is 5.87. The molecule has 2 aliphatic rings. The molecule has 2 aliphatic heterocycles. The van der Waals surface area contributed by atoms with Crippen molar-refractivity contribution < 1.29 is 4.79 Å². The summed E-state index contributed by atoms with van der Waals surface area (Å²) in [6, 6.07) is 21.1. The molecule has 142 valence electrons. The van der Waals surface area contributed by atoms with Crippen LogP contribution in [0.2, 0.25) is 0 Å². The number of nitrogens with zero attached hydrogens (tertiary/aromatic N) is 3. The number of anilines is 1. The highest BCUT2D eigenvalue weighted by molar-refractivity contribution is 5.86. The van der Waals surface area contributed by atoms with E-state index in [1.54, 1.807) is 0 Å². The molecule has 4 nitrogen and oxygen atoms in total. The third-order valence-electron chi connectivity index (χ3n) is 5.87. The summed E-state index contributed by atoms with van der Waals surface area (Å²) in [5.41, 5.74) is 2.57. The first-order valence-corrected chi connectivity index (χ1v) is 10.2. The summed E-state index contributed by atoms with van der Waals surface area (Å²) in [4.78, 5) is 20.0. The Labute approximate surface area is 162 Å². The van der Waals surface area contributed by atoms with Crippen molar-refractivity contribution in [2.45, 2.75) is 25.3 Å². The Balaban J connectivity index is 1.29. The second kappa shape index (κ2) is 8.57. The molecular formula is C23H29N3O. The van der Waals surface area contributed by atoms with Crippen LogP contribution in [0.4, 0.5) is 5.69 Å². The number of para-hydroxylation sites is 1. The van der Waals surface area contributed by atoms with Crippen LogP contribution in [0.15, 0.2) is 60.7 Å². The first-order chi connectivity index (χ1) is 13.3. The number of benzene rings is 2. The molecule has 2 aromatic carbocycles. The summed E-state index contributed by atoms with van der Waals surface area (Å²) in [5.74, 6) is 0.319. The van der Waals surface area contributed by atoms with E-state index in [2.05, 4.69) is 69.3 Å². The Morgan fingerprint density at radius 1 is 0.852 bits per heavy atom. The zero-order valence-corrected chi connectivity index (χ0v) is 16.0. The third kappa shape index (κ3) is 4.33. The molecule has 0 bridgehead atoms. The van der Waals surface area contributed by atoms with Gasteiger partial charge in [-0.3, -0.25) is 9.69 Å². The molecule has 1 atom stereocenters. The van der Waals surface area contributed by atoms with Gasteiger partial charge in [-0.2, -0.15) is 0 Å². The predicted molar refractivity (Wildman–Crippen MR) is 110 cm³/mol. The molecule has 0 spiro atoms. The van der Waals surface area contributed by atoms with E-state index in [9.17, 15) is 4.79 Å². The first kappa shape index (κ1) is 18.1. The quantitative estimate of drug-likeness (QED) is 0.817. The van der Waals surface area contributed by atoms with Gasteiger partial charge >= 0.3 is 0 Å². The lowest BCUT2D eigenvalue weighted by Crippen LogP contribution is -2.54. The highest BCUT2D eigenvalue weighted by Gasteiger charge is 2.34. The Morgan fingerprint density at radius 3 is 2.22 bits per heavy atom. The van der Waals surface area contributed by atoms with Crippen molar-refractivity contribution in [2.24, 2.45) is 0 Å². The van der Waals surface area contributed by atoms with Gasteiger partial charge in [0.1, 0.15) is 6.04 Å². The maximum absolute atomic E-state index is 13.1.